The number of nitrogens with two attached hydrogens (primary N) is 1. The van der Waals surface area contributed by atoms with Crippen LogP contribution in [-0.2, 0) is 27.9 Å². The van der Waals surface area contributed by atoms with Crippen molar-refractivity contribution in [2.45, 2.75) is 225 Å². The number of allylic oxidation sites excluding steroid dienone is 18. The largest absolute Gasteiger partial charge is 0.472 e. The molecule has 0 aliphatic heterocycles. The maximum atomic E-state index is 12.7. The molecule has 0 aromatic carbocycles. The van der Waals surface area contributed by atoms with Crippen LogP contribution in [0.25, 0.3) is 0 Å². The van der Waals surface area contributed by atoms with Crippen LogP contribution in [0.4, 0.5) is 0 Å². The fourth-order valence-electron chi connectivity index (χ4n) is 7.18. The number of phosphoric ester groups is 1. The molecule has 8 nitrogen and oxygen atoms in total. The van der Waals surface area contributed by atoms with Crippen molar-refractivity contribution in [2.24, 2.45) is 5.73 Å². The zero-order valence-corrected chi connectivity index (χ0v) is 44.4. The first kappa shape index (κ1) is 65.2. The molecular formula is C59H102NO7P. The van der Waals surface area contributed by atoms with Crippen LogP contribution in [0, 0.1) is 0 Å². The molecule has 0 aliphatic rings. The molecule has 0 spiro atoms. The Labute approximate surface area is 418 Å². The Bertz CT molecular complexity index is 1410. The number of esters is 1. The topological polar surface area (TPSA) is 117 Å². The van der Waals surface area contributed by atoms with Crippen LogP contribution >= 0.6 is 7.82 Å². The number of hydrogen-bond acceptors (Lipinski definition) is 7. The number of carbonyl (C=O) groups excluding carboxylic acids is 1. The van der Waals surface area contributed by atoms with Gasteiger partial charge >= 0.3 is 13.8 Å². The number of phosphoric acid groups is 1. The zero-order chi connectivity index (χ0) is 49.4. The Morgan fingerprint density at radius 3 is 1.24 bits per heavy atom. The second-order valence-electron chi connectivity index (χ2n) is 17.7. The molecule has 390 valence electrons. The molecule has 2 atom stereocenters. The molecule has 0 saturated carbocycles. The summed E-state index contributed by atoms with van der Waals surface area (Å²) < 4.78 is 33.6. The van der Waals surface area contributed by atoms with E-state index in [9.17, 15) is 14.3 Å². The van der Waals surface area contributed by atoms with Gasteiger partial charge in [0.05, 0.1) is 19.8 Å². The van der Waals surface area contributed by atoms with Gasteiger partial charge in [-0.2, -0.15) is 0 Å². The molecule has 0 aromatic heterocycles. The summed E-state index contributed by atoms with van der Waals surface area (Å²) in [5.41, 5.74) is 5.40. The minimum absolute atomic E-state index is 0.0906. The third-order valence-electron chi connectivity index (χ3n) is 11.2. The lowest BCUT2D eigenvalue weighted by molar-refractivity contribution is -0.154. The highest BCUT2D eigenvalue weighted by Gasteiger charge is 2.25. The van der Waals surface area contributed by atoms with E-state index in [2.05, 4.69) is 123 Å². The minimum Gasteiger partial charge on any atom is -0.457 e. The first-order valence-corrected chi connectivity index (χ1v) is 28.9. The average molecular weight is 968 g/mol. The monoisotopic (exact) mass is 968 g/mol. The molecule has 0 saturated heterocycles. The molecule has 0 heterocycles. The van der Waals surface area contributed by atoms with Gasteiger partial charge in [-0.3, -0.25) is 13.8 Å². The van der Waals surface area contributed by atoms with Crippen LogP contribution in [0.15, 0.2) is 109 Å². The summed E-state index contributed by atoms with van der Waals surface area (Å²) in [4.78, 5) is 22.6. The quantitative estimate of drug-likeness (QED) is 0.0268. The van der Waals surface area contributed by atoms with Crippen molar-refractivity contribution in [2.75, 3.05) is 33.0 Å². The third kappa shape index (κ3) is 54.1. The first-order valence-electron chi connectivity index (χ1n) is 27.4. The van der Waals surface area contributed by atoms with E-state index in [4.69, 9.17) is 24.3 Å². The van der Waals surface area contributed by atoms with E-state index in [-0.39, 0.29) is 32.3 Å². The van der Waals surface area contributed by atoms with E-state index in [1.807, 2.05) is 0 Å². The standard InChI is InChI=1S/C59H102NO7P/c1-3-5-7-9-11-13-15-17-19-21-23-25-27-29-30-32-34-36-38-40-42-44-46-48-50-52-59(61)67-58(57-66-68(62,63)65-55-53-60)56-64-54-51-49-47-45-43-41-39-37-35-33-31-28-26-24-22-20-18-16-14-12-10-8-6-4-2/h5,7,11,13,16-19,22-25,28-31,34,36,58H,3-4,6,8-10,12,14-15,20-21,26-27,32-33,35,37-57,60H2,1-2H3,(H,62,63)/b7-5-,13-11-,18-16-,19-17-,24-22-,25-23-,30-29-,31-28-,36-34-. The summed E-state index contributed by atoms with van der Waals surface area (Å²) in [6, 6.07) is 0. The van der Waals surface area contributed by atoms with E-state index in [0.29, 0.717) is 13.0 Å². The molecule has 0 radical (unpaired) electrons. The number of carbonyl (C=O) groups is 1. The molecule has 68 heavy (non-hydrogen) atoms. The fourth-order valence-corrected chi connectivity index (χ4v) is 7.95. The Hall–Kier alpha value is -2.84. The van der Waals surface area contributed by atoms with Crippen molar-refractivity contribution in [1.29, 1.82) is 0 Å². The van der Waals surface area contributed by atoms with Gasteiger partial charge in [0, 0.05) is 19.6 Å². The maximum Gasteiger partial charge on any atom is 0.472 e. The predicted octanol–water partition coefficient (Wildman–Crippen LogP) is 17.5. The highest BCUT2D eigenvalue weighted by molar-refractivity contribution is 7.47. The Kier molecular flexibility index (Phi) is 52.8. The molecule has 2 unspecified atom stereocenters. The number of hydrogen-bond donors (Lipinski definition) is 2. The minimum atomic E-state index is -4.30. The van der Waals surface area contributed by atoms with Crippen LogP contribution in [0.3, 0.4) is 0 Å². The zero-order valence-electron chi connectivity index (χ0n) is 43.6. The highest BCUT2D eigenvalue weighted by Crippen LogP contribution is 2.43. The van der Waals surface area contributed by atoms with Gasteiger partial charge in [-0.05, 0) is 103 Å². The third-order valence-corrected chi connectivity index (χ3v) is 12.2. The van der Waals surface area contributed by atoms with Gasteiger partial charge in [0.25, 0.3) is 0 Å². The molecular weight excluding hydrogens is 866 g/mol. The molecule has 0 fully saturated rings. The van der Waals surface area contributed by atoms with Crippen LogP contribution < -0.4 is 5.73 Å². The van der Waals surface area contributed by atoms with Crippen LogP contribution in [-0.4, -0.2) is 49.9 Å². The van der Waals surface area contributed by atoms with Gasteiger partial charge in [-0.1, -0.05) is 220 Å². The molecule has 0 aliphatic carbocycles. The van der Waals surface area contributed by atoms with Crippen molar-refractivity contribution >= 4 is 13.8 Å². The summed E-state index contributed by atoms with van der Waals surface area (Å²) in [6.45, 7) is 4.76. The van der Waals surface area contributed by atoms with Crippen molar-refractivity contribution < 1.29 is 32.8 Å². The van der Waals surface area contributed by atoms with Gasteiger partial charge in [-0.15, -0.1) is 0 Å². The fraction of sp³-hybridized carbons (Fsp3) is 0.678. The Morgan fingerprint density at radius 2 is 0.824 bits per heavy atom. The molecule has 0 bridgehead atoms. The Morgan fingerprint density at radius 1 is 0.456 bits per heavy atom. The molecule has 9 heteroatoms. The maximum absolute atomic E-state index is 12.7. The van der Waals surface area contributed by atoms with Gasteiger partial charge in [0.1, 0.15) is 6.10 Å². The first-order chi connectivity index (χ1) is 33.4. The van der Waals surface area contributed by atoms with Crippen LogP contribution in [0.2, 0.25) is 0 Å². The second-order valence-corrected chi connectivity index (χ2v) is 19.2. The lowest BCUT2D eigenvalue weighted by Gasteiger charge is -2.20. The number of unbranched alkanes of at least 4 members (excludes halogenated alkanes) is 20. The van der Waals surface area contributed by atoms with Gasteiger partial charge in [0.15, 0.2) is 0 Å². The summed E-state index contributed by atoms with van der Waals surface area (Å²) in [5.74, 6) is -0.350. The van der Waals surface area contributed by atoms with Crippen LogP contribution in [0.5, 0.6) is 0 Å². The summed E-state index contributed by atoms with van der Waals surface area (Å²) in [5, 5.41) is 0. The van der Waals surface area contributed by atoms with E-state index in [0.717, 1.165) is 96.3 Å². The van der Waals surface area contributed by atoms with Crippen molar-refractivity contribution in [1.82, 2.24) is 0 Å². The molecule has 0 aromatic rings. The molecule has 3 N–H and O–H groups in total. The van der Waals surface area contributed by atoms with Gasteiger partial charge < -0.3 is 20.1 Å². The molecule has 0 amide bonds. The number of ether oxygens (including phenoxy) is 2. The average Bonchev–Trinajstić information content (AvgIpc) is 3.33. The predicted molar refractivity (Wildman–Crippen MR) is 293 cm³/mol. The van der Waals surface area contributed by atoms with Crippen molar-refractivity contribution in [3.63, 3.8) is 0 Å². The van der Waals surface area contributed by atoms with Gasteiger partial charge in [0.2, 0.25) is 0 Å². The lowest BCUT2D eigenvalue weighted by Crippen LogP contribution is -2.28. The normalized spacial score (nSPS) is 14.1. The van der Waals surface area contributed by atoms with E-state index < -0.39 is 13.9 Å². The highest BCUT2D eigenvalue weighted by atomic mass is 31.2. The van der Waals surface area contributed by atoms with E-state index in [1.165, 1.54) is 103 Å². The molecule has 0 rings (SSSR count). The van der Waals surface area contributed by atoms with E-state index >= 15 is 0 Å². The number of rotatable bonds is 51. The smallest absolute Gasteiger partial charge is 0.457 e. The summed E-state index contributed by atoms with van der Waals surface area (Å²) in [6.07, 6.45) is 75.5. The summed E-state index contributed by atoms with van der Waals surface area (Å²) in [7, 11) is -4.30. The SMILES string of the molecule is CC/C=C\C/C=C\C/C=C\C/C=C\C/C=C\C/C=C\CCCCCCCCC(=O)OC(COCCCCCCCCCCC/C=C\C/C=C\C/C=C\CCCCCCC)COP(=O)(O)OCCN. The van der Waals surface area contributed by atoms with Crippen LogP contribution in [0.1, 0.15) is 219 Å². The van der Waals surface area contributed by atoms with Crippen molar-refractivity contribution in [3.05, 3.63) is 109 Å². The van der Waals surface area contributed by atoms with Gasteiger partial charge in [-0.25, -0.2) is 4.57 Å². The lowest BCUT2D eigenvalue weighted by atomic mass is 10.1. The van der Waals surface area contributed by atoms with Crippen molar-refractivity contribution in [3.8, 4) is 0 Å². The Balaban J connectivity index is 4.01. The summed E-state index contributed by atoms with van der Waals surface area (Å²) >= 11 is 0. The second kappa shape index (κ2) is 55.1. The van der Waals surface area contributed by atoms with E-state index in [1.54, 1.807) is 0 Å².